The average Bonchev–Trinajstić information content (AvgIpc) is 2.55. The SMILES string of the molecule is CCOC1CC(N2C3CCC2CC(CC(=O)O)C3)C1. The van der Waals surface area contributed by atoms with Gasteiger partial charge in [0.1, 0.15) is 0 Å². The summed E-state index contributed by atoms with van der Waals surface area (Å²) in [5, 5.41) is 8.95. The van der Waals surface area contributed by atoms with E-state index in [9.17, 15) is 4.79 Å². The van der Waals surface area contributed by atoms with E-state index in [2.05, 4.69) is 11.8 Å². The number of ether oxygens (including phenoxy) is 1. The van der Waals surface area contributed by atoms with Crippen LogP contribution in [-0.4, -0.2) is 46.8 Å². The van der Waals surface area contributed by atoms with Crippen molar-refractivity contribution in [1.82, 2.24) is 4.90 Å². The summed E-state index contributed by atoms with van der Waals surface area (Å²) in [7, 11) is 0. The highest BCUT2D eigenvalue weighted by atomic mass is 16.5. The first-order valence-electron chi connectivity index (χ1n) is 7.78. The zero-order valence-electron chi connectivity index (χ0n) is 11.8. The first-order valence-corrected chi connectivity index (χ1v) is 7.78. The quantitative estimate of drug-likeness (QED) is 0.830. The van der Waals surface area contributed by atoms with Gasteiger partial charge in [0.05, 0.1) is 6.10 Å². The first-order chi connectivity index (χ1) is 9.17. The normalized spacial score (nSPS) is 42.1. The summed E-state index contributed by atoms with van der Waals surface area (Å²) in [6.07, 6.45) is 7.96. The van der Waals surface area contributed by atoms with Gasteiger partial charge in [-0.25, -0.2) is 0 Å². The molecule has 0 aromatic heterocycles. The highest BCUT2D eigenvalue weighted by molar-refractivity contribution is 5.67. The molecule has 1 aliphatic carbocycles. The Labute approximate surface area is 115 Å². The zero-order chi connectivity index (χ0) is 13.4. The summed E-state index contributed by atoms with van der Waals surface area (Å²) in [6.45, 7) is 2.89. The third kappa shape index (κ3) is 2.65. The number of fused-ring (bicyclic) bond motifs is 2. The standard InChI is InChI=1S/C15H25NO3/c1-2-19-14-8-13(9-14)16-11-3-4-12(16)6-10(5-11)7-15(17)18/h10-14H,2-9H2,1H3,(H,17,18). The topological polar surface area (TPSA) is 49.8 Å². The second-order valence-corrected chi connectivity index (χ2v) is 6.47. The van der Waals surface area contributed by atoms with E-state index in [0.29, 0.717) is 36.6 Å². The van der Waals surface area contributed by atoms with E-state index in [0.717, 1.165) is 19.4 Å². The van der Waals surface area contributed by atoms with Crippen molar-refractivity contribution in [3.8, 4) is 0 Å². The number of rotatable bonds is 5. The van der Waals surface area contributed by atoms with Crippen LogP contribution < -0.4 is 0 Å². The molecule has 2 aliphatic heterocycles. The molecule has 2 heterocycles. The van der Waals surface area contributed by atoms with Gasteiger partial charge in [0.25, 0.3) is 0 Å². The molecule has 108 valence electrons. The van der Waals surface area contributed by atoms with E-state index < -0.39 is 5.97 Å². The van der Waals surface area contributed by atoms with Crippen LogP contribution in [0.25, 0.3) is 0 Å². The van der Waals surface area contributed by atoms with E-state index in [-0.39, 0.29) is 0 Å². The number of carboxylic acid groups (broad SMARTS) is 1. The highest BCUT2D eigenvalue weighted by Gasteiger charge is 2.47. The lowest BCUT2D eigenvalue weighted by atomic mass is 9.81. The first kappa shape index (κ1) is 13.4. The highest BCUT2D eigenvalue weighted by Crippen LogP contribution is 2.45. The van der Waals surface area contributed by atoms with Crippen LogP contribution in [0.2, 0.25) is 0 Å². The third-order valence-electron chi connectivity index (χ3n) is 5.24. The fraction of sp³-hybridized carbons (Fsp3) is 0.933. The fourth-order valence-corrected chi connectivity index (χ4v) is 4.49. The molecule has 1 saturated carbocycles. The molecule has 2 atom stereocenters. The summed E-state index contributed by atoms with van der Waals surface area (Å²) >= 11 is 0. The molecule has 2 unspecified atom stereocenters. The number of hydrogen-bond donors (Lipinski definition) is 1. The Morgan fingerprint density at radius 3 is 2.32 bits per heavy atom. The van der Waals surface area contributed by atoms with E-state index in [1.807, 2.05) is 0 Å². The Morgan fingerprint density at radius 2 is 1.79 bits per heavy atom. The Hall–Kier alpha value is -0.610. The van der Waals surface area contributed by atoms with Crippen molar-refractivity contribution in [3.63, 3.8) is 0 Å². The smallest absolute Gasteiger partial charge is 0.303 e. The van der Waals surface area contributed by atoms with E-state index >= 15 is 0 Å². The minimum Gasteiger partial charge on any atom is -0.481 e. The van der Waals surface area contributed by atoms with Crippen LogP contribution in [0.1, 0.15) is 51.9 Å². The molecule has 3 aliphatic rings. The predicted molar refractivity (Wildman–Crippen MR) is 72.1 cm³/mol. The number of carboxylic acids is 1. The summed E-state index contributed by atoms with van der Waals surface area (Å²) in [4.78, 5) is 13.6. The van der Waals surface area contributed by atoms with Gasteiger partial charge < -0.3 is 9.84 Å². The third-order valence-corrected chi connectivity index (χ3v) is 5.24. The van der Waals surface area contributed by atoms with E-state index in [4.69, 9.17) is 9.84 Å². The maximum Gasteiger partial charge on any atom is 0.303 e. The molecular formula is C15H25NO3. The molecule has 0 aromatic carbocycles. The molecule has 0 aromatic rings. The molecule has 4 nitrogen and oxygen atoms in total. The molecule has 4 heteroatoms. The van der Waals surface area contributed by atoms with Crippen LogP contribution in [0.4, 0.5) is 0 Å². The molecule has 2 bridgehead atoms. The van der Waals surface area contributed by atoms with Gasteiger partial charge in [-0.15, -0.1) is 0 Å². The van der Waals surface area contributed by atoms with E-state index in [1.54, 1.807) is 0 Å². The Kier molecular flexibility index (Phi) is 3.81. The maximum atomic E-state index is 10.9. The Balaban J connectivity index is 1.54. The second kappa shape index (κ2) is 5.41. The molecular weight excluding hydrogens is 242 g/mol. The molecule has 3 fully saturated rings. The van der Waals surface area contributed by atoms with Crippen molar-refractivity contribution >= 4 is 5.97 Å². The van der Waals surface area contributed by atoms with Gasteiger partial charge in [-0.05, 0) is 51.4 Å². The lowest BCUT2D eigenvalue weighted by Gasteiger charge is -2.49. The summed E-state index contributed by atoms with van der Waals surface area (Å²) in [5.41, 5.74) is 0. The fourth-order valence-electron chi connectivity index (χ4n) is 4.49. The maximum absolute atomic E-state index is 10.9. The lowest BCUT2D eigenvalue weighted by molar-refractivity contribution is -0.139. The van der Waals surface area contributed by atoms with Crippen LogP contribution in [0.5, 0.6) is 0 Å². The van der Waals surface area contributed by atoms with Crippen molar-refractivity contribution in [2.24, 2.45) is 5.92 Å². The van der Waals surface area contributed by atoms with Crippen LogP contribution in [-0.2, 0) is 9.53 Å². The minimum absolute atomic E-state index is 0.368. The Bertz CT molecular complexity index is 326. The molecule has 3 rings (SSSR count). The van der Waals surface area contributed by atoms with Crippen molar-refractivity contribution in [2.45, 2.75) is 76.1 Å². The molecule has 0 spiro atoms. The monoisotopic (exact) mass is 267 g/mol. The van der Waals surface area contributed by atoms with Crippen molar-refractivity contribution in [3.05, 3.63) is 0 Å². The number of nitrogens with zero attached hydrogens (tertiary/aromatic N) is 1. The van der Waals surface area contributed by atoms with Crippen LogP contribution >= 0.6 is 0 Å². The van der Waals surface area contributed by atoms with Gasteiger partial charge in [-0.1, -0.05) is 0 Å². The number of hydrogen-bond acceptors (Lipinski definition) is 3. The van der Waals surface area contributed by atoms with Gasteiger partial charge in [0.15, 0.2) is 0 Å². The number of aliphatic carboxylic acids is 1. The van der Waals surface area contributed by atoms with Gasteiger partial charge in [0.2, 0.25) is 0 Å². The van der Waals surface area contributed by atoms with Crippen LogP contribution in [0, 0.1) is 5.92 Å². The van der Waals surface area contributed by atoms with Gasteiger partial charge in [-0.3, -0.25) is 9.69 Å². The number of carbonyl (C=O) groups is 1. The van der Waals surface area contributed by atoms with Gasteiger partial charge >= 0.3 is 5.97 Å². The largest absolute Gasteiger partial charge is 0.481 e. The lowest BCUT2D eigenvalue weighted by Crippen LogP contribution is -2.55. The molecule has 1 N–H and O–H groups in total. The summed E-state index contributed by atoms with van der Waals surface area (Å²) in [6, 6.07) is 2.01. The summed E-state index contributed by atoms with van der Waals surface area (Å²) in [5.74, 6) is -0.216. The van der Waals surface area contributed by atoms with Gasteiger partial charge in [0, 0.05) is 31.2 Å². The van der Waals surface area contributed by atoms with Gasteiger partial charge in [-0.2, -0.15) is 0 Å². The predicted octanol–water partition coefficient (Wildman–Crippen LogP) is 2.27. The van der Waals surface area contributed by atoms with Crippen molar-refractivity contribution < 1.29 is 14.6 Å². The zero-order valence-corrected chi connectivity index (χ0v) is 11.8. The molecule has 2 saturated heterocycles. The van der Waals surface area contributed by atoms with Crippen molar-refractivity contribution in [1.29, 1.82) is 0 Å². The summed E-state index contributed by atoms with van der Waals surface area (Å²) < 4.78 is 5.66. The van der Waals surface area contributed by atoms with Crippen LogP contribution in [0.3, 0.4) is 0 Å². The second-order valence-electron chi connectivity index (χ2n) is 6.47. The minimum atomic E-state index is -0.627. The molecule has 0 amide bonds. The molecule has 0 radical (unpaired) electrons. The molecule has 19 heavy (non-hydrogen) atoms. The van der Waals surface area contributed by atoms with Crippen molar-refractivity contribution in [2.75, 3.05) is 6.61 Å². The van der Waals surface area contributed by atoms with Crippen LogP contribution in [0.15, 0.2) is 0 Å². The number of piperidine rings is 1. The Morgan fingerprint density at radius 1 is 1.16 bits per heavy atom. The average molecular weight is 267 g/mol. The van der Waals surface area contributed by atoms with E-state index in [1.165, 1.54) is 25.7 Å².